The molecule has 0 radical (unpaired) electrons. The van der Waals surface area contributed by atoms with Crippen LogP contribution in [0.3, 0.4) is 0 Å². The third kappa shape index (κ3) is 4.44. The molecule has 0 bridgehead atoms. The van der Waals surface area contributed by atoms with Gasteiger partial charge in [-0.1, -0.05) is 6.07 Å². The summed E-state index contributed by atoms with van der Waals surface area (Å²) >= 11 is 1.48. The Morgan fingerprint density at radius 2 is 2.00 bits per heavy atom. The SMILES string of the molecule is COc1ccc(C(O)=C2C(=O)C(=O)N(CCCN3CCOCC3)[C@H]2c2cccs2)cc1C. The number of benzene rings is 1. The molecule has 2 saturated heterocycles. The standard InChI is InChI=1S/C24H28N2O5S/c1-16-15-17(6-7-18(16)30-2)22(27)20-21(19-5-3-14-32-19)26(24(29)23(20)28)9-4-8-25-10-12-31-13-11-25/h3,5-7,14-15,21,27H,4,8-13H2,1-2H3/t21-/m0/s1. The summed E-state index contributed by atoms with van der Waals surface area (Å²) in [7, 11) is 1.58. The Morgan fingerprint density at radius 3 is 2.66 bits per heavy atom. The highest BCUT2D eigenvalue weighted by molar-refractivity contribution is 7.10. The molecule has 1 aromatic carbocycles. The van der Waals surface area contributed by atoms with E-state index in [0.29, 0.717) is 17.9 Å². The Kier molecular flexibility index (Phi) is 6.93. The van der Waals surface area contributed by atoms with Crippen LogP contribution >= 0.6 is 11.3 Å². The molecular formula is C24H28N2O5S. The summed E-state index contributed by atoms with van der Waals surface area (Å²) in [6.07, 6.45) is 0.747. The van der Waals surface area contributed by atoms with Crippen LogP contribution in [-0.2, 0) is 14.3 Å². The van der Waals surface area contributed by atoms with E-state index in [2.05, 4.69) is 4.90 Å². The summed E-state index contributed by atoms with van der Waals surface area (Å²) in [6, 6.07) is 8.45. The number of aryl methyl sites for hydroxylation is 1. The van der Waals surface area contributed by atoms with Crippen LogP contribution < -0.4 is 4.74 Å². The van der Waals surface area contributed by atoms with E-state index >= 15 is 0 Å². The van der Waals surface area contributed by atoms with Crippen molar-refractivity contribution in [2.45, 2.75) is 19.4 Å². The van der Waals surface area contributed by atoms with Gasteiger partial charge in [-0.3, -0.25) is 14.5 Å². The number of aliphatic hydroxyl groups excluding tert-OH is 1. The minimum atomic E-state index is -0.638. The summed E-state index contributed by atoms with van der Waals surface area (Å²) in [5.41, 5.74) is 1.48. The van der Waals surface area contributed by atoms with Crippen LogP contribution in [0.1, 0.15) is 28.5 Å². The predicted molar refractivity (Wildman–Crippen MR) is 123 cm³/mol. The number of Topliss-reactive ketones (excluding diaryl/α,β-unsaturated/α-hetero) is 1. The zero-order valence-corrected chi connectivity index (χ0v) is 19.2. The number of carbonyl (C=O) groups is 2. The number of hydrogen-bond donors (Lipinski definition) is 1. The minimum Gasteiger partial charge on any atom is -0.507 e. The van der Waals surface area contributed by atoms with Gasteiger partial charge in [-0.25, -0.2) is 0 Å². The highest BCUT2D eigenvalue weighted by Gasteiger charge is 2.46. The Hall–Kier alpha value is -2.68. The second-order valence-corrected chi connectivity index (χ2v) is 8.98. The minimum absolute atomic E-state index is 0.147. The van der Waals surface area contributed by atoms with Crippen LogP contribution in [-0.4, -0.2) is 73.1 Å². The molecule has 8 heteroatoms. The number of likely N-dealkylation sites (tertiary alicyclic amines) is 1. The van der Waals surface area contributed by atoms with Crippen molar-refractivity contribution in [3.8, 4) is 5.75 Å². The molecule has 2 aliphatic heterocycles. The first-order valence-corrected chi connectivity index (χ1v) is 11.7. The molecular weight excluding hydrogens is 428 g/mol. The van der Waals surface area contributed by atoms with Crippen molar-refractivity contribution >= 4 is 28.8 Å². The summed E-state index contributed by atoms with van der Waals surface area (Å²) in [5, 5.41) is 13.1. The van der Waals surface area contributed by atoms with Gasteiger partial charge in [0, 0.05) is 36.6 Å². The van der Waals surface area contributed by atoms with E-state index in [0.717, 1.165) is 49.7 Å². The van der Waals surface area contributed by atoms with Gasteiger partial charge in [0.25, 0.3) is 11.7 Å². The first-order chi connectivity index (χ1) is 15.5. The van der Waals surface area contributed by atoms with E-state index in [1.165, 1.54) is 11.3 Å². The third-order valence-corrected chi connectivity index (χ3v) is 6.92. The van der Waals surface area contributed by atoms with E-state index in [1.807, 2.05) is 24.4 Å². The number of amides is 1. The number of morpholine rings is 1. The van der Waals surface area contributed by atoms with E-state index in [-0.39, 0.29) is 11.3 Å². The first kappa shape index (κ1) is 22.5. The van der Waals surface area contributed by atoms with Crippen molar-refractivity contribution in [3.63, 3.8) is 0 Å². The summed E-state index contributed by atoms with van der Waals surface area (Å²) in [6.45, 7) is 6.36. The zero-order chi connectivity index (χ0) is 22.7. The van der Waals surface area contributed by atoms with Gasteiger partial charge < -0.3 is 19.5 Å². The highest BCUT2D eigenvalue weighted by atomic mass is 32.1. The van der Waals surface area contributed by atoms with Crippen LogP contribution in [0.25, 0.3) is 5.76 Å². The van der Waals surface area contributed by atoms with E-state index in [1.54, 1.807) is 30.2 Å². The van der Waals surface area contributed by atoms with Gasteiger partial charge in [0.05, 0.1) is 31.9 Å². The molecule has 2 aliphatic rings. The molecule has 0 spiro atoms. The zero-order valence-electron chi connectivity index (χ0n) is 18.4. The number of ether oxygens (including phenoxy) is 2. The molecule has 32 heavy (non-hydrogen) atoms. The molecule has 2 fully saturated rings. The molecule has 170 valence electrons. The number of aliphatic hydroxyl groups is 1. The van der Waals surface area contributed by atoms with Crippen LogP contribution in [0, 0.1) is 6.92 Å². The van der Waals surface area contributed by atoms with Crippen molar-refractivity contribution in [1.29, 1.82) is 0 Å². The molecule has 3 heterocycles. The number of ketones is 1. The molecule has 1 N–H and O–H groups in total. The topological polar surface area (TPSA) is 79.3 Å². The van der Waals surface area contributed by atoms with Crippen LogP contribution in [0.5, 0.6) is 5.75 Å². The lowest BCUT2D eigenvalue weighted by atomic mass is 9.98. The van der Waals surface area contributed by atoms with E-state index < -0.39 is 17.7 Å². The molecule has 0 aliphatic carbocycles. The maximum Gasteiger partial charge on any atom is 0.295 e. The van der Waals surface area contributed by atoms with Crippen molar-refractivity contribution in [3.05, 3.63) is 57.3 Å². The van der Waals surface area contributed by atoms with Gasteiger partial charge in [0.15, 0.2) is 0 Å². The Balaban J connectivity index is 1.63. The Morgan fingerprint density at radius 1 is 1.22 bits per heavy atom. The number of nitrogens with zero attached hydrogens (tertiary/aromatic N) is 2. The molecule has 1 aromatic heterocycles. The van der Waals surface area contributed by atoms with Gasteiger partial charge in [0.1, 0.15) is 11.5 Å². The van der Waals surface area contributed by atoms with E-state index in [4.69, 9.17) is 9.47 Å². The maximum absolute atomic E-state index is 13.1. The average Bonchev–Trinajstić information content (AvgIpc) is 3.42. The van der Waals surface area contributed by atoms with E-state index in [9.17, 15) is 14.7 Å². The van der Waals surface area contributed by atoms with Crippen molar-refractivity contribution in [2.75, 3.05) is 46.5 Å². The van der Waals surface area contributed by atoms with Crippen LogP contribution in [0.15, 0.2) is 41.3 Å². The Labute approximate surface area is 191 Å². The third-order valence-electron chi connectivity index (χ3n) is 6.00. The van der Waals surface area contributed by atoms with Crippen LogP contribution in [0.4, 0.5) is 0 Å². The molecule has 1 atom stereocenters. The monoisotopic (exact) mass is 456 g/mol. The lowest BCUT2D eigenvalue weighted by molar-refractivity contribution is -0.140. The molecule has 4 rings (SSSR count). The lowest BCUT2D eigenvalue weighted by Gasteiger charge is -2.28. The number of thiophene rings is 1. The molecule has 2 aromatic rings. The summed E-state index contributed by atoms with van der Waals surface area (Å²) in [4.78, 5) is 30.8. The van der Waals surface area contributed by atoms with Crippen molar-refractivity contribution < 1.29 is 24.2 Å². The first-order valence-electron chi connectivity index (χ1n) is 10.8. The van der Waals surface area contributed by atoms with Gasteiger partial charge >= 0.3 is 0 Å². The van der Waals surface area contributed by atoms with Gasteiger partial charge in [0.2, 0.25) is 0 Å². The fourth-order valence-corrected chi connectivity index (χ4v) is 5.17. The number of carbonyl (C=O) groups excluding carboxylic acids is 2. The summed E-state index contributed by atoms with van der Waals surface area (Å²) in [5.74, 6) is -0.652. The fraction of sp³-hybridized carbons (Fsp3) is 0.417. The molecule has 0 unspecified atom stereocenters. The molecule has 0 saturated carbocycles. The van der Waals surface area contributed by atoms with Crippen LogP contribution in [0.2, 0.25) is 0 Å². The predicted octanol–water partition coefficient (Wildman–Crippen LogP) is 3.21. The average molecular weight is 457 g/mol. The van der Waals surface area contributed by atoms with Gasteiger partial charge in [-0.05, 0) is 48.6 Å². The van der Waals surface area contributed by atoms with Crippen molar-refractivity contribution in [1.82, 2.24) is 9.80 Å². The van der Waals surface area contributed by atoms with Gasteiger partial charge in [-0.2, -0.15) is 0 Å². The molecule has 1 amide bonds. The number of methoxy groups -OCH3 is 1. The van der Waals surface area contributed by atoms with Crippen molar-refractivity contribution in [2.24, 2.45) is 0 Å². The largest absolute Gasteiger partial charge is 0.507 e. The number of rotatable bonds is 7. The number of hydrogen-bond acceptors (Lipinski definition) is 7. The second-order valence-electron chi connectivity index (χ2n) is 8.00. The Bertz CT molecular complexity index is 1010. The second kappa shape index (κ2) is 9.85. The lowest BCUT2D eigenvalue weighted by Crippen LogP contribution is -2.38. The maximum atomic E-state index is 13.1. The fourth-order valence-electron chi connectivity index (χ4n) is 4.32. The summed E-state index contributed by atoms with van der Waals surface area (Å²) < 4.78 is 10.7. The smallest absolute Gasteiger partial charge is 0.295 e. The molecule has 7 nitrogen and oxygen atoms in total. The normalized spacial score (nSPS) is 21.3. The quantitative estimate of drug-likeness (QED) is 0.392. The van der Waals surface area contributed by atoms with Gasteiger partial charge in [-0.15, -0.1) is 11.3 Å². The highest BCUT2D eigenvalue weighted by Crippen LogP contribution is 2.41.